The van der Waals surface area contributed by atoms with Crippen molar-refractivity contribution >= 4 is 11.6 Å². The maximum Gasteiger partial charge on any atom is 0.132 e. The molecule has 1 heterocycles. The predicted molar refractivity (Wildman–Crippen MR) is 85.3 cm³/mol. The Hall–Kier alpha value is -0.640. The predicted octanol–water partition coefficient (Wildman–Crippen LogP) is 3.92. The fraction of sp³-hybridized carbons (Fsp3) is 0.647. The molecule has 1 aromatic carbocycles. The molecule has 2 fully saturated rings. The van der Waals surface area contributed by atoms with E-state index in [4.69, 9.17) is 11.6 Å². The van der Waals surface area contributed by atoms with E-state index < -0.39 is 0 Å². The van der Waals surface area contributed by atoms with Crippen molar-refractivity contribution in [2.24, 2.45) is 5.92 Å². The van der Waals surface area contributed by atoms with Gasteiger partial charge >= 0.3 is 0 Å². The van der Waals surface area contributed by atoms with E-state index in [-0.39, 0.29) is 11.9 Å². The number of aryl methyl sites for hydroxylation is 1. The van der Waals surface area contributed by atoms with Crippen molar-refractivity contribution in [3.8, 4) is 0 Å². The first-order valence-electron chi connectivity index (χ1n) is 8.07. The fourth-order valence-corrected chi connectivity index (χ4v) is 4.16. The molecule has 1 saturated carbocycles. The van der Waals surface area contributed by atoms with E-state index in [2.05, 4.69) is 10.2 Å². The van der Waals surface area contributed by atoms with Crippen molar-refractivity contribution in [3.05, 3.63) is 34.1 Å². The van der Waals surface area contributed by atoms with Crippen molar-refractivity contribution in [2.45, 2.75) is 38.6 Å². The molecule has 116 valence electrons. The van der Waals surface area contributed by atoms with Crippen molar-refractivity contribution in [3.63, 3.8) is 0 Å². The van der Waals surface area contributed by atoms with E-state index in [0.717, 1.165) is 31.7 Å². The molecule has 1 atom stereocenters. The van der Waals surface area contributed by atoms with E-state index in [9.17, 15) is 4.39 Å². The van der Waals surface area contributed by atoms with Gasteiger partial charge in [0.1, 0.15) is 5.82 Å². The molecule has 0 aromatic heterocycles. The van der Waals surface area contributed by atoms with Gasteiger partial charge in [-0.1, -0.05) is 30.5 Å². The lowest BCUT2D eigenvalue weighted by molar-refractivity contribution is 0.122. The van der Waals surface area contributed by atoms with Gasteiger partial charge in [-0.3, -0.25) is 4.90 Å². The summed E-state index contributed by atoms with van der Waals surface area (Å²) in [6, 6.07) is 3.78. The molecular weight excluding hydrogens is 287 g/mol. The van der Waals surface area contributed by atoms with Crippen molar-refractivity contribution in [2.75, 3.05) is 26.2 Å². The summed E-state index contributed by atoms with van der Waals surface area (Å²) in [5.41, 5.74) is 1.44. The first-order valence-corrected chi connectivity index (χ1v) is 8.45. The van der Waals surface area contributed by atoms with Gasteiger partial charge in [-0.15, -0.1) is 0 Å². The third-order valence-electron chi connectivity index (χ3n) is 5.01. The minimum absolute atomic E-state index is 0.0991. The van der Waals surface area contributed by atoms with E-state index in [1.807, 2.05) is 13.0 Å². The zero-order chi connectivity index (χ0) is 14.8. The van der Waals surface area contributed by atoms with Crippen LogP contribution < -0.4 is 5.32 Å². The van der Waals surface area contributed by atoms with Gasteiger partial charge in [0, 0.05) is 42.8 Å². The number of benzene rings is 1. The molecule has 1 saturated heterocycles. The smallest absolute Gasteiger partial charge is 0.132 e. The van der Waals surface area contributed by atoms with Crippen molar-refractivity contribution in [1.82, 2.24) is 10.2 Å². The number of nitrogens with zero attached hydrogens (tertiary/aromatic N) is 1. The van der Waals surface area contributed by atoms with Gasteiger partial charge in [-0.25, -0.2) is 4.39 Å². The number of nitrogens with one attached hydrogen (secondary N) is 1. The van der Waals surface area contributed by atoms with E-state index >= 15 is 0 Å². The Morgan fingerprint density at radius 2 is 1.90 bits per heavy atom. The quantitative estimate of drug-likeness (QED) is 0.910. The Labute approximate surface area is 131 Å². The van der Waals surface area contributed by atoms with Gasteiger partial charge in [0.15, 0.2) is 0 Å². The Bertz CT molecular complexity index is 494. The van der Waals surface area contributed by atoms with Gasteiger partial charge in [0.25, 0.3) is 0 Å². The number of halogens is 2. The first-order chi connectivity index (χ1) is 10.2. The van der Waals surface area contributed by atoms with Crippen LogP contribution in [0.2, 0.25) is 5.02 Å². The van der Waals surface area contributed by atoms with Crippen molar-refractivity contribution in [1.29, 1.82) is 0 Å². The number of piperazine rings is 1. The zero-order valence-corrected chi connectivity index (χ0v) is 13.4. The lowest BCUT2D eigenvalue weighted by Gasteiger charge is -2.39. The SMILES string of the molecule is Cc1ccc(Cl)c([C@@H](C2CCCC2)N2CCNCC2)c1F. The van der Waals surface area contributed by atoms with Crippen LogP contribution in [0, 0.1) is 18.7 Å². The molecule has 0 unspecified atom stereocenters. The molecule has 21 heavy (non-hydrogen) atoms. The summed E-state index contributed by atoms with van der Waals surface area (Å²) in [6.45, 7) is 5.75. The summed E-state index contributed by atoms with van der Waals surface area (Å²) >= 11 is 6.41. The third kappa shape index (κ3) is 3.10. The maximum atomic E-state index is 14.8. The van der Waals surface area contributed by atoms with Crippen LogP contribution in [0.1, 0.15) is 42.9 Å². The molecule has 1 aliphatic heterocycles. The van der Waals surface area contributed by atoms with Crippen LogP contribution in [0.15, 0.2) is 12.1 Å². The highest BCUT2D eigenvalue weighted by molar-refractivity contribution is 6.31. The molecule has 1 N–H and O–H groups in total. The van der Waals surface area contributed by atoms with Crippen LogP contribution in [0.5, 0.6) is 0 Å². The number of rotatable bonds is 3. The Balaban J connectivity index is 1.99. The Morgan fingerprint density at radius 3 is 2.57 bits per heavy atom. The summed E-state index contributed by atoms with van der Waals surface area (Å²) in [7, 11) is 0. The maximum absolute atomic E-state index is 14.8. The molecule has 2 nitrogen and oxygen atoms in total. The minimum atomic E-state index is -0.0991. The monoisotopic (exact) mass is 310 g/mol. The largest absolute Gasteiger partial charge is 0.314 e. The van der Waals surface area contributed by atoms with Gasteiger partial charge in [0.05, 0.1) is 0 Å². The summed E-state index contributed by atoms with van der Waals surface area (Å²) in [5, 5.41) is 3.98. The van der Waals surface area contributed by atoms with Crippen molar-refractivity contribution < 1.29 is 4.39 Å². The first kappa shape index (κ1) is 15.3. The highest BCUT2D eigenvalue weighted by Crippen LogP contribution is 2.43. The van der Waals surface area contributed by atoms with E-state index in [1.54, 1.807) is 6.07 Å². The standard InChI is InChI=1S/C17H24ClFN2/c1-12-6-7-14(18)15(16(12)19)17(13-4-2-3-5-13)21-10-8-20-9-11-21/h6-7,13,17,20H,2-5,8-11H2,1H3/t17-/m1/s1. The second kappa shape index (κ2) is 6.64. The Morgan fingerprint density at radius 1 is 1.24 bits per heavy atom. The van der Waals surface area contributed by atoms with Crippen LogP contribution >= 0.6 is 11.6 Å². The summed E-state index contributed by atoms with van der Waals surface area (Å²) < 4.78 is 14.8. The highest BCUT2D eigenvalue weighted by Gasteiger charge is 2.35. The second-order valence-corrected chi connectivity index (χ2v) is 6.77. The number of hydrogen-bond donors (Lipinski definition) is 1. The lowest BCUT2D eigenvalue weighted by Crippen LogP contribution is -2.47. The molecule has 4 heteroatoms. The summed E-state index contributed by atoms with van der Waals surface area (Å²) in [6.07, 6.45) is 4.91. The molecule has 3 rings (SSSR count). The Kier molecular flexibility index (Phi) is 4.82. The molecule has 1 aromatic rings. The molecule has 1 aliphatic carbocycles. The van der Waals surface area contributed by atoms with Crippen LogP contribution in [-0.4, -0.2) is 31.1 Å². The van der Waals surface area contributed by atoms with E-state index in [0.29, 0.717) is 16.5 Å². The van der Waals surface area contributed by atoms with Gasteiger partial charge < -0.3 is 5.32 Å². The zero-order valence-electron chi connectivity index (χ0n) is 12.7. The van der Waals surface area contributed by atoms with E-state index in [1.165, 1.54) is 25.7 Å². The fourth-order valence-electron chi connectivity index (χ4n) is 3.90. The van der Waals surface area contributed by atoms with Crippen LogP contribution in [0.3, 0.4) is 0 Å². The van der Waals surface area contributed by atoms with Crippen LogP contribution in [-0.2, 0) is 0 Å². The molecule has 0 bridgehead atoms. The average molecular weight is 311 g/mol. The molecule has 0 spiro atoms. The topological polar surface area (TPSA) is 15.3 Å². The third-order valence-corrected chi connectivity index (χ3v) is 5.34. The average Bonchev–Trinajstić information content (AvgIpc) is 3.02. The molecule has 2 aliphatic rings. The number of hydrogen-bond acceptors (Lipinski definition) is 2. The molecule has 0 radical (unpaired) electrons. The second-order valence-electron chi connectivity index (χ2n) is 6.37. The van der Waals surface area contributed by atoms with Gasteiger partial charge in [-0.05, 0) is 37.3 Å². The van der Waals surface area contributed by atoms with Crippen LogP contribution in [0.4, 0.5) is 4.39 Å². The minimum Gasteiger partial charge on any atom is -0.314 e. The van der Waals surface area contributed by atoms with Gasteiger partial charge in [-0.2, -0.15) is 0 Å². The normalized spacial score (nSPS) is 22.6. The summed E-state index contributed by atoms with van der Waals surface area (Å²) in [5.74, 6) is 0.440. The summed E-state index contributed by atoms with van der Waals surface area (Å²) in [4.78, 5) is 2.44. The molecular formula is C17H24ClFN2. The molecule has 0 amide bonds. The van der Waals surface area contributed by atoms with Crippen LogP contribution in [0.25, 0.3) is 0 Å². The highest BCUT2D eigenvalue weighted by atomic mass is 35.5. The lowest BCUT2D eigenvalue weighted by atomic mass is 9.88. The van der Waals surface area contributed by atoms with Gasteiger partial charge in [0.2, 0.25) is 0 Å².